The lowest BCUT2D eigenvalue weighted by atomic mass is 10.1. The van der Waals surface area contributed by atoms with Crippen molar-refractivity contribution in [3.63, 3.8) is 0 Å². The quantitative estimate of drug-likeness (QED) is 0.504. The Balaban J connectivity index is 1.38. The van der Waals surface area contributed by atoms with E-state index >= 15 is 0 Å². The standard InChI is InChI=1S/C25H29N3O4/c1-16(2)30-21-9-5-18(6-10-21)14-28-15-20(13-23(28)29)25-26-24(27-32-25)19-7-11-22(12-8-19)31-17(3)4/h5-12,16-17,20H,13-15H2,1-4H3. The van der Waals surface area contributed by atoms with Crippen LogP contribution >= 0.6 is 0 Å². The fourth-order valence-electron chi connectivity index (χ4n) is 3.73. The summed E-state index contributed by atoms with van der Waals surface area (Å²) in [6.07, 6.45) is 0.622. The maximum Gasteiger partial charge on any atom is 0.232 e. The van der Waals surface area contributed by atoms with Gasteiger partial charge in [-0.2, -0.15) is 4.98 Å². The summed E-state index contributed by atoms with van der Waals surface area (Å²) in [6.45, 7) is 9.08. The maximum absolute atomic E-state index is 12.6. The van der Waals surface area contributed by atoms with Crippen molar-refractivity contribution >= 4 is 5.91 Å². The molecule has 0 spiro atoms. The van der Waals surface area contributed by atoms with Crippen LogP contribution in [0.25, 0.3) is 11.4 Å². The second-order valence-electron chi connectivity index (χ2n) is 8.63. The minimum absolute atomic E-state index is 0.0902. The summed E-state index contributed by atoms with van der Waals surface area (Å²) in [5.41, 5.74) is 1.91. The Hall–Kier alpha value is -3.35. The molecule has 0 N–H and O–H groups in total. The van der Waals surface area contributed by atoms with Crippen LogP contribution in [0.3, 0.4) is 0 Å². The van der Waals surface area contributed by atoms with Crippen molar-refractivity contribution in [1.29, 1.82) is 0 Å². The molecule has 32 heavy (non-hydrogen) atoms. The number of carbonyl (C=O) groups is 1. The van der Waals surface area contributed by atoms with Gasteiger partial charge >= 0.3 is 0 Å². The topological polar surface area (TPSA) is 77.7 Å². The molecule has 4 rings (SSSR count). The van der Waals surface area contributed by atoms with Crippen molar-refractivity contribution in [1.82, 2.24) is 15.0 Å². The third-order valence-corrected chi connectivity index (χ3v) is 5.16. The first-order valence-corrected chi connectivity index (χ1v) is 11.0. The Morgan fingerprint density at radius 3 is 2.16 bits per heavy atom. The molecule has 3 aromatic rings. The predicted molar refractivity (Wildman–Crippen MR) is 120 cm³/mol. The summed E-state index contributed by atoms with van der Waals surface area (Å²) >= 11 is 0. The zero-order valence-corrected chi connectivity index (χ0v) is 18.9. The van der Waals surface area contributed by atoms with E-state index in [2.05, 4.69) is 10.1 Å². The van der Waals surface area contributed by atoms with Crippen molar-refractivity contribution in [3.05, 3.63) is 60.0 Å². The molecule has 2 heterocycles. The first-order chi connectivity index (χ1) is 15.4. The number of likely N-dealkylation sites (tertiary alicyclic amines) is 1. The molecular weight excluding hydrogens is 406 g/mol. The Kier molecular flexibility index (Phi) is 6.44. The van der Waals surface area contributed by atoms with Crippen molar-refractivity contribution in [2.24, 2.45) is 0 Å². The fourth-order valence-corrected chi connectivity index (χ4v) is 3.73. The maximum atomic E-state index is 12.6. The van der Waals surface area contributed by atoms with Gasteiger partial charge in [-0.15, -0.1) is 0 Å². The number of rotatable bonds is 8. The van der Waals surface area contributed by atoms with E-state index in [1.165, 1.54) is 0 Å². The summed E-state index contributed by atoms with van der Waals surface area (Å²) in [5, 5.41) is 4.12. The van der Waals surface area contributed by atoms with E-state index in [0.29, 0.717) is 31.2 Å². The smallest absolute Gasteiger partial charge is 0.232 e. The third-order valence-electron chi connectivity index (χ3n) is 5.16. The van der Waals surface area contributed by atoms with Crippen LogP contribution in [-0.4, -0.2) is 39.7 Å². The second-order valence-corrected chi connectivity index (χ2v) is 8.63. The van der Waals surface area contributed by atoms with Crippen LogP contribution in [0.4, 0.5) is 0 Å². The average Bonchev–Trinajstić information content (AvgIpc) is 3.37. The van der Waals surface area contributed by atoms with Gasteiger partial charge in [-0.05, 0) is 69.7 Å². The summed E-state index contributed by atoms with van der Waals surface area (Å²) in [5.74, 6) is 2.63. The van der Waals surface area contributed by atoms with Crippen LogP contribution in [0.1, 0.15) is 51.5 Å². The molecule has 0 saturated carbocycles. The highest BCUT2D eigenvalue weighted by molar-refractivity contribution is 5.79. The number of carbonyl (C=O) groups excluding carboxylic acids is 1. The van der Waals surface area contributed by atoms with Gasteiger partial charge in [0.25, 0.3) is 0 Å². The highest BCUT2D eigenvalue weighted by atomic mass is 16.5. The molecule has 2 aromatic carbocycles. The molecule has 1 aliphatic rings. The number of hydrogen-bond acceptors (Lipinski definition) is 6. The van der Waals surface area contributed by atoms with Crippen LogP contribution in [0, 0.1) is 0 Å². The molecule has 1 amide bonds. The molecular formula is C25H29N3O4. The highest BCUT2D eigenvalue weighted by Gasteiger charge is 2.34. The molecule has 1 fully saturated rings. The van der Waals surface area contributed by atoms with Gasteiger partial charge in [-0.25, -0.2) is 0 Å². The first kappa shape index (κ1) is 21.9. The lowest BCUT2D eigenvalue weighted by molar-refractivity contribution is -0.128. The van der Waals surface area contributed by atoms with Crippen LogP contribution in [0.15, 0.2) is 53.1 Å². The lowest BCUT2D eigenvalue weighted by Gasteiger charge is -2.16. The third kappa shape index (κ3) is 5.28. The zero-order valence-electron chi connectivity index (χ0n) is 18.9. The Labute approximate surface area is 188 Å². The van der Waals surface area contributed by atoms with Crippen molar-refractivity contribution in [3.8, 4) is 22.9 Å². The van der Waals surface area contributed by atoms with Gasteiger partial charge in [-0.3, -0.25) is 4.79 Å². The van der Waals surface area contributed by atoms with E-state index in [-0.39, 0.29) is 24.0 Å². The molecule has 1 unspecified atom stereocenters. The first-order valence-electron chi connectivity index (χ1n) is 11.0. The molecule has 0 aliphatic carbocycles. The number of amides is 1. The Morgan fingerprint density at radius 1 is 0.969 bits per heavy atom. The second kappa shape index (κ2) is 9.42. The molecule has 7 heteroatoms. The minimum atomic E-state index is -0.101. The van der Waals surface area contributed by atoms with Gasteiger partial charge in [0.1, 0.15) is 11.5 Å². The normalized spacial score (nSPS) is 16.2. The SMILES string of the molecule is CC(C)Oc1ccc(CN2CC(c3nc(-c4ccc(OC(C)C)cc4)no3)CC2=O)cc1. The number of benzene rings is 2. The zero-order chi connectivity index (χ0) is 22.7. The van der Waals surface area contributed by atoms with Crippen LogP contribution in [0.2, 0.25) is 0 Å². The largest absolute Gasteiger partial charge is 0.491 e. The summed E-state index contributed by atoms with van der Waals surface area (Å²) in [7, 11) is 0. The lowest BCUT2D eigenvalue weighted by Crippen LogP contribution is -2.24. The minimum Gasteiger partial charge on any atom is -0.491 e. The molecule has 1 saturated heterocycles. The molecule has 0 radical (unpaired) electrons. The number of ether oxygens (including phenoxy) is 2. The van der Waals surface area contributed by atoms with E-state index < -0.39 is 0 Å². The van der Waals surface area contributed by atoms with Gasteiger partial charge in [0.05, 0.1) is 18.1 Å². The van der Waals surface area contributed by atoms with Crippen molar-refractivity contribution in [2.75, 3.05) is 6.54 Å². The molecule has 168 valence electrons. The van der Waals surface area contributed by atoms with E-state index in [9.17, 15) is 4.79 Å². The van der Waals surface area contributed by atoms with Crippen molar-refractivity contribution in [2.45, 2.75) is 58.8 Å². The van der Waals surface area contributed by atoms with Gasteiger partial charge in [0.15, 0.2) is 0 Å². The van der Waals surface area contributed by atoms with E-state index in [0.717, 1.165) is 22.6 Å². The van der Waals surface area contributed by atoms with Gasteiger partial charge in [-0.1, -0.05) is 17.3 Å². The Morgan fingerprint density at radius 2 is 1.56 bits per heavy atom. The van der Waals surface area contributed by atoms with E-state index in [4.69, 9.17) is 14.0 Å². The molecule has 1 atom stereocenters. The highest BCUT2D eigenvalue weighted by Crippen LogP contribution is 2.30. The van der Waals surface area contributed by atoms with Crippen LogP contribution in [0.5, 0.6) is 11.5 Å². The predicted octanol–water partition coefficient (Wildman–Crippen LogP) is 4.83. The van der Waals surface area contributed by atoms with Crippen LogP contribution in [-0.2, 0) is 11.3 Å². The monoisotopic (exact) mass is 435 g/mol. The van der Waals surface area contributed by atoms with Crippen LogP contribution < -0.4 is 9.47 Å². The molecule has 1 aliphatic heterocycles. The summed E-state index contributed by atoms with van der Waals surface area (Å²) < 4.78 is 16.9. The van der Waals surface area contributed by atoms with E-state index in [1.54, 1.807) is 0 Å². The average molecular weight is 436 g/mol. The fraction of sp³-hybridized carbons (Fsp3) is 0.400. The molecule has 7 nitrogen and oxygen atoms in total. The van der Waals surface area contributed by atoms with Gasteiger partial charge in [0.2, 0.25) is 17.6 Å². The van der Waals surface area contributed by atoms with E-state index in [1.807, 2.05) is 81.1 Å². The summed E-state index contributed by atoms with van der Waals surface area (Å²) in [4.78, 5) is 19.0. The number of nitrogens with zero attached hydrogens (tertiary/aromatic N) is 3. The summed E-state index contributed by atoms with van der Waals surface area (Å²) in [6, 6.07) is 15.5. The molecule has 1 aromatic heterocycles. The Bertz CT molecular complexity index is 1040. The number of aromatic nitrogens is 2. The van der Waals surface area contributed by atoms with Gasteiger partial charge in [0, 0.05) is 25.1 Å². The van der Waals surface area contributed by atoms with Crippen molar-refractivity contribution < 1.29 is 18.8 Å². The number of hydrogen-bond donors (Lipinski definition) is 0. The molecule has 0 bridgehead atoms. The van der Waals surface area contributed by atoms with Gasteiger partial charge < -0.3 is 18.9 Å².